The first-order chi connectivity index (χ1) is 12.9. The monoisotopic (exact) mass is 403 g/mol. The van der Waals surface area contributed by atoms with Crippen LogP contribution in [0.1, 0.15) is 72.1 Å². The van der Waals surface area contributed by atoms with E-state index >= 15 is 0 Å². The molecule has 0 aromatic heterocycles. The van der Waals surface area contributed by atoms with Crippen LogP contribution < -0.4 is 16.2 Å². The lowest BCUT2D eigenvalue weighted by Gasteiger charge is -2.48. The first kappa shape index (κ1) is 22.4. The van der Waals surface area contributed by atoms with Crippen LogP contribution in [-0.2, 0) is 9.59 Å². The Labute approximate surface area is 164 Å². The third kappa shape index (κ3) is 5.32. The van der Waals surface area contributed by atoms with E-state index in [1.807, 2.05) is 20.8 Å². The fraction of sp³-hybridized carbons (Fsp3) is 0.842. The third-order valence-electron chi connectivity index (χ3n) is 6.39. The number of nitrogens with one attached hydrogen (secondary N) is 3. The van der Waals surface area contributed by atoms with Crippen molar-refractivity contribution in [2.45, 2.75) is 83.6 Å². The number of amides is 3. The molecule has 4 N–H and O–H groups in total. The van der Waals surface area contributed by atoms with Crippen molar-refractivity contribution in [3.63, 3.8) is 0 Å². The minimum Gasteiger partial charge on any atom is -0.465 e. The Kier molecular flexibility index (Phi) is 6.55. The Morgan fingerprint density at radius 2 is 1.25 bits per heavy atom. The summed E-state index contributed by atoms with van der Waals surface area (Å²) in [6.07, 6.45) is 0.534. The van der Waals surface area contributed by atoms with Crippen LogP contribution in [0.2, 0.25) is 0 Å². The van der Waals surface area contributed by atoms with Crippen LogP contribution in [0.3, 0.4) is 0 Å². The van der Waals surface area contributed by atoms with Gasteiger partial charge in [-0.25, -0.2) is 13.6 Å². The van der Waals surface area contributed by atoms with Gasteiger partial charge in [0, 0.05) is 30.2 Å². The smallest absolute Gasteiger partial charge is 0.405 e. The molecule has 2 aliphatic rings. The number of hydrogen-bond acceptors (Lipinski definition) is 3. The average molecular weight is 403 g/mol. The molecule has 0 radical (unpaired) electrons. The number of hydrogen-bond donors (Lipinski definition) is 4. The standard InChI is InChI=1S/C19H31F2N3O4/c1-17(2,3)18(22-16(27)28)8-4-12(5-9-18)14(25)23-24-15(26)13-6-10-19(20,21)11-7-13/h12-13,22H,4-11H2,1-3H3,(H,23,25)(H,24,26)(H,27,28). The predicted molar refractivity (Wildman–Crippen MR) is 98.5 cm³/mol. The fourth-order valence-corrected chi connectivity index (χ4v) is 4.27. The Morgan fingerprint density at radius 1 is 0.857 bits per heavy atom. The van der Waals surface area contributed by atoms with Crippen molar-refractivity contribution in [2.24, 2.45) is 17.3 Å². The second kappa shape index (κ2) is 8.21. The average Bonchev–Trinajstić information content (AvgIpc) is 2.58. The van der Waals surface area contributed by atoms with Gasteiger partial charge in [0.05, 0.1) is 0 Å². The van der Waals surface area contributed by atoms with E-state index in [1.54, 1.807) is 0 Å². The molecule has 160 valence electrons. The predicted octanol–water partition coefficient (Wildman–Crippen LogP) is 3.20. The molecule has 28 heavy (non-hydrogen) atoms. The number of halogens is 2. The molecule has 0 aromatic rings. The van der Waals surface area contributed by atoms with Crippen LogP contribution in [0.15, 0.2) is 0 Å². The van der Waals surface area contributed by atoms with Crippen molar-refractivity contribution in [1.29, 1.82) is 0 Å². The summed E-state index contributed by atoms with van der Waals surface area (Å²) in [6.45, 7) is 5.91. The molecule has 0 atom stereocenters. The highest BCUT2D eigenvalue weighted by Crippen LogP contribution is 2.43. The number of rotatable bonds is 3. The lowest BCUT2D eigenvalue weighted by atomic mass is 9.63. The van der Waals surface area contributed by atoms with Gasteiger partial charge in [-0.05, 0) is 43.9 Å². The van der Waals surface area contributed by atoms with Crippen molar-refractivity contribution in [2.75, 3.05) is 0 Å². The minimum atomic E-state index is -2.70. The highest BCUT2D eigenvalue weighted by Gasteiger charge is 2.46. The molecule has 0 spiro atoms. The maximum Gasteiger partial charge on any atom is 0.405 e. The number of alkyl halides is 2. The van der Waals surface area contributed by atoms with E-state index < -0.39 is 29.4 Å². The van der Waals surface area contributed by atoms with Crippen LogP contribution in [0.5, 0.6) is 0 Å². The molecule has 7 nitrogen and oxygen atoms in total. The summed E-state index contributed by atoms with van der Waals surface area (Å²) in [6, 6.07) is 0. The van der Waals surface area contributed by atoms with E-state index in [-0.39, 0.29) is 42.9 Å². The molecule has 2 saturated carbocycles. The van der Waals surface area contributed by atoms with E-state index in [0.717, 1.165) is 0 Å². The van der Waals surface area contributed by atoms with Gasteiger partial charge in [-0.15, -0.1) is 0 Å². The van der Waals surface area contributed by atoms with Gasteiger partial charge in [-0.3, -0.25) is 20.4 Å². The molecule has 2 rings (SSSR count). The summed E-state index contributed by atoms with van der Waals surface area (Å²) in [5.74, 6) is -4.31. The van der Waals surface area contributed by atoms with Crippen LogP contribution in [0, 0.1) is 17.3 Å². The van der Waals surface area contributed by atoms with Gasteiger partial charge >= 0.3 is 6.09 Å². The molecule has 2 fully saturated rings. The second-order valence-electron chi connectivity index (χ2n) is 9.15. The van der Waals surface area contributed by atoms with Crippen LogP contribution in [0.4, 0.5) is 13.6 Å². The summed E-state index contributed by atoms with van der Waals surface area (Å²) in [5, 5.41) is 11.8. The number of carboxylic acid groups (broad SMARTS) is 1. The highest BCUT2D eigenvalue weighted by molar-refractivity contribution is 5.84. The zero-order valence-corrected chi connectivity index (χ0v) is 16.7. The molecule has 9 heteroatoms. The van der Waals surface area contributed by atoms with E-state index in [9.17, 15) is 28.3 Å². The normalized spacial score (nSPS) is 28.2. The third-order valence-corrected chi connectivity index (χ3v) is 6.39. The van der Waals surface area contributed by atoms with Crippen LogP contribution in [-0.4, -0.2) is 34.5 Å². The van der Waals surface area contributed by atoms with Crippen LogP contribution >= 0.6 is 0 Å². The SMILES string of the molecule is CC(C)(C)C1(NC(=O)O)CCC(C(=O)NNC(=O)C2CCC(F)(F)CC2)CC1. The maximum absolute atomic E-state index is 13.2. The second-order valence-corrected chi connectivity index (χ2v) is 9.15. The van der Waals surface area contributed by atoms with Gasteiger partial charge < -0.3 is 10.4 Å². The van der Waals surface area contributed by atoms with Crippen molar-refractivity contribution in [3.05, 3.63) is 0 Å². The zero-order valence-electron chi connectivity index (χ0n) is 16.7. The van der Waals surface area contributed by atoms with E-state index in [4.69, 9.17) is 0 Å². The minimum absolute atomic E-state index is 0.104. The highest BCUT2D eigenvalue weighted by atomic mass is 19.3. The zero-order chi connectivity index (χ0) is 21.2. The van der Waals surface area contributed by atoms with E-state index in [2.05, 4.69) is 16.2 Å². The molecular formula is C19H31F2N3O4. The summed E-state index contributed by atoms with van der Waals surface area (Å²) in [4.78, 5) is 35.7. The van der Waals surface area contributed by atoms with Gasteiger partial charge in [-0.1, -0.05) is 20.8 Å². The molecule has 2 aliphatic carbocycles. The molecular weight excluding hydrogens is 372 g/mol. The van der Waals surface area contributed by atoms with Crippen molar-refractivity contribution in [1.82, 2.24) is 16.2 Å². The van der Waals surface area contributed by atoms with Gasteiger partial charge in [0.1, 0.15) is 0 Å². The molecule has 3 amide bonds. The largest absolute Gasteiger partial charge is 0.465 e. The number of hydrazine groups is 1. The quantitative estimate of drug-likeness (QED) is 0.543. The first-order valence-electron chi connectivity index (χ1n) is 9.84. The lowest BCUT2D eigenvalue weighted by molar-refractivity contribution is -0.136. The van der Waals surface area contributed by atoms with Gasteiger partial charge in [0.25, 0.3) is 0 Å². The van der Waals surface area contributed by atoms with Crippen molar-refractivity contribution >= 4 is 17.9 Å². The van der Waals surface area contributed by atoms with Crippen molar-refractivity contribution in [3.8, 4) is 0 Å². The molecule has 0 saturated heterocycles. The summed E-state index contributed by atoms with van der Waals surface area (Å²) < 4.78 is 26.4. The van der Waals surface area contributed by atoms with E-state index in [0.29, 0.717) is 25.7 Å². The topological polar surface area (TPSA) is 108 Å². The van der Waals surface area contributed by atoms with Crippen LogP contribution in [0.25, 0.3) is 0 Å². The van der Waals surface area contributed by atoms with Gasteiger partial charge in [0.15, 0.2) is 0 Å². The number of carbonyl (C=O) groups is 3. The number of carbonyl (C=O) groups excluding carboxylic acids is 2. The molecule has 0 aromatic carbocycles. The molecule has 0 aliphatic heterocycles. The summed E-state index contributed by atoms with van der Waals surface area (Å²) in [7, 11) is 0. The molecule has 0 heterocycles. The Balaban J connectivity index is 1.83. The maximum atomic E-state index is 13.2. The molecule has 0 bridgehead atoms. The lowest BCUT2D eigenvalue weighted by Crippen LogP contribution is -2.59. The van der Waals surface area contributed by atoms with Gasteiger partial charge in [0.2, 0.25) is 17.7 Å². The van der Waals surface area contributed by atoms with Crippen molar-refractivity contribution < 1.29 is 28.3 Å². The van der Waals surface area contributed by atoms with E-state index in [1.165, 1.54) is 0 Å². The fourth-order valence-electron chi connectivity index (χ4n) is 4.27. The van der Waals surface area contributed by atoms with Gasteiger partial charge in [-0.2, -0.15) is 0 Å². The Hall–Kier alpha value is -1.93. The molecule has 0 unspecified atom stereocenters. The Morgan fingerprint density at radius 3 is 1.61 bits per heavy atom. The first-order valence-corrected chi connectivity index (χ1v) is 9.84. The Bertz CT molecular complexity index is 601. The summed E-state index contributed by atoms with van der Waals surface area (Å²) in [5.41, 5.74) is 3.87. The summed E-state index contributed by atoms with van der Waals surface area (Å²) >= 11 is 0.